The number of rotatable bonds is 6. The minimum absolute atomic E-state index is 0.111. The van der Waals surface area contributed by atoms with Crippen LogP contribution in [0, 0.1) is 0 Å². The molecule has 2 saturated heterocycles. The standard InChI is InChI=1S/C27H32F3N5O2/c28-27(29,30)23-11-8-20(17-31-23)32-25(37)33-22-5-3-16-35(24(22)36)21-9-6-19(7-10-21)26(12-4-13-26)18-34-14-1-2-15-34/h6-11,17,22H,1-5,12-16,18H2,(H2,32,33,37)/t22-/m1/s1. The number of carbonyl (C=O) groups excluding carboxylic acids is 2. The Hall–Kier alpha value is -3.14. The van der Waals surface area contributed by atoms with E-state index in [2.05, 4.69) is 32.7 Å². The summed E-state index contributed by atoms with van der Waals surface area (Å²) in [6.45, 7) is 4.03. The molecule has 0 radical (unpaired) electrons. The molecule has 37 heavy (non-hydrogen) atoms. The van der Waals surface area contributed by atoms with E-state index in [1.165, 1.54) is 50.8 Å². The van der Waals surface area contributed by atoms with E-state index >= 15 is 0 Å². The number of aromatic nitrogens is 1. The van der Waals surface area contributed by atoms with Gasteiger partial charge in [0.25, 0.3) is 0 Å². The van der Waals surface area contributed by atoms with Gasteiger partial charge in [-0.05, 0) is 81.4 Å². The monoisotopic (exact) mass is 515 g/mol. The summed E-state index contributed by atoms with van der Waals surface area (Å²) in [7, 11) is 0. The molecule has 2 aliphatic heterocycles. The van der Waals surface area contributed by atoms with Gasteiger partial charge in [-0.2, -0.15) is 13.2 Å². The van der Waals surface area contributed by atoms with E-state index in [1.807, 2.05) is 12.1 Å². The van der Waals surface area contributed by atoms with Gasteiger partial charge in [-0.25, -0.2) is 9.78 Å². The molecule has 7 nitrogen and oxygen atoms in total. The van der Waals surface area contributed by atoms with Crippen molar-refractivity contribution in [2.24, 2.45) is 0 Å². The van der Waals surface area contributed by atoms with Crippen LogP contribution in [0.1, 0.15) is 56.2 Å². The Kier molecular flexibility index (Phi) is 7.11. The fraction of sp³-hybridized carbons (Fsp3) is 0.519. The van der Waals surface area contributed by atoms with E-state index in [0.29, 0.717) is 13.0 Å². The van der Waals surface area contributed by atoms with E-state index in [-0.39, 0.29) is 17.0 Å². The molecular weight excluding hydrogens is 483 g/mol. The molecule has 0 spiro atoms. The molecule has 1 aromatic carbocycles. The Morgan fingerprint density at radius 2 is 1.73 bits per heavy atom. The van der Waals surface area contributed by atoms with E-state index in [9.17, 15) is 22.8 Å². The summed E-state index contributed by atoms with van der Waals surface area (Å²) in [5, 5.41) is 5.11. The minimum Gasteiger partial charge on any atom is -0.326 e. The van der Waals surface area contributed by atoms with Crippen LogP contribution < -0.4 is 15.5 Å². The summed E-state index contributed by atoms with van der Waals surface area (Å²) in [6.07, 6.45) is 3.80. The molecule has 1 atom stereocenters. The largest absolute Gasteiger partial charge is 0.433 e. The van der Waals surface area contributed by atoms with Crippen LogP contribution in [0.2, 0.25) is 0 Å². The number of anilines is 2. The topological polar surface area (TPSA) is 77.6 Å². The van der Waals surface area contributed by atoms with Gasteiger partial charge in [0.15, 0.2) is 0 Å². The molecule has 3 heterocycles. The Labute approximate surface area is 214 Å². The SMILES string of the molecule is O=C(Nc1ccc(C(F)(F)F)nc1)N[C@@H]1CCCN(c2ccc(C3(CN4CCCC4)CCC3)cc2)C1=O. The van der Waals surface area contributed by atoms with Gasteiger partial charge in [0.2, 0.25) is 5.91 Å². The highest BCUT2D eigenvalue weighted by Crippen LogP contribution is 2.45. The molecular formula is C27H32F3N5O2. The highest BCUT2D eigenvalue weighted by atomic mass is 19.4. The van der Waals surface area contributed by atoms with Crippen molar-refractivity contribution in [1.29, 1.82) is 0 Å². The quantitative estimate of drug-likeness (QED) is 0.572. The van der Waals surface area contributed by atoms with E-state index < -0.39 is 23.9 Å². The van der Waals surface area contributed by atoms with Gasteiger partial charge >= 0.3 is 12.2 Å². The lowest BCUT2D eigenvalue weighted by Gasteiger charge is -2.45. The van der Waals surface area contributed by atoms with Crippen LogP contribution in [0.4, 0.5) is 29.3 Å². The number of piperidine rings is 1. The minimum atomic E-state index is -4.55. The van der Waals surface area contributed by atoms with Crippen LogP contribution in [0.5, 0.6) is 0 Å². The maximum absolute atomic E-state index is 13.2. The number of benzene rings is 1. The summed E-state index contributed by atoms with van der Waals surface area (Å²) in [5.41, 5.74) is 1.42. The summed E-state index contributed by atoms with van der Waals surface area (Å²) in [5.74, 6) is -0.199. The average Bonchev–Trinajstić information content (AvgIpc) is 3.36. The number of urea groups is 1. The summed E-state index contributed by atoms with van der Waals surface area (Å²) < 4.78 is 38.1. The van der Waals surface area contributed by atoms with Crippen molar-refractivity contribution in [3.63, 3.8) is 0 Å². The van der Waals surface area contributed by atoms with Crippen LogP contribution in [-0.4, -0.2) is 54.0 Å². The molecule has 3 aliphatic rings. The smallest absolute Gasteiger partial charge is 0.326 e. The maximum atomic E-state index is 13.2. The van der Waals surface area contributed by atoms with Crippen molar-refractivity contribution in [1.82, 2.24) is 15.2 Å². The molecule has 5 rings (SSSR count). The van der Waals surface area contributed by atoms with Gasteiger partial charge in [0, 0.05) is 24.2 Å². The molecule has 1 saturated carbocycles. The van der Waals surface area contributed by atoms with Crippen molar-refractivity contribution < 1.29 is 22.8 Å². The van der Waals surface area contributed by atoms with Gasteiger partial charge in [-0.1, -0.05) is 18.6 Å². The highest BCUT2D eigenvalue weighted by Gasteiger charge is 2.40. The number of nitrogens with zero attached hydrogens (tertiary/aromatic N) is 3. The lowest BCUT2D eigenvalue weighted by atomic mass is 9.64. The third-order valence-electron chi connectivity index (χ3n) is 7.88. The van der Waals surface area contributed by atoms with Crippen LogP contribution in [0.3, 0.4) is 0 Å². The van der Waals surface area contributed by atoms with Crippen LogP contribution in [0.15, 0.2) is 42.6 Å². The van der Waals surface area contributed by atoms with Gasteiger partial charge in [-0.15, -0.1) is 0 Å². The average molecular weight is 516 g/mol. The molecule has 3 amide bonds. The summed E-state index contributed by atoms with van der Waals surface area (Å²) in [6, 6.07) is 8.87. The first-order chi connectivity index (χ1) is 17.7. The predicted octanol–water partition coefficient (Wildman–Crippen LogP) is 4.94. The summed E-state index contributed by atoms with van der Waals surface area (Å²) in [4.78, 5) is 33.2. The molecule has 2 aromatic rings. The zero-order chi connectivity index (χ0) is 26.0. The normalized spacial score (nSPS) is 22.0. The first-order valence-electron chi connectivity index (χ1n) is 13.0. The van der Waals surface area contributed by atoms with E-state index in [4.69, 9.17) is 0 Å². The van der Waals surface area contributed by atoms with Crippen molar-refractivity contribution in [2.45, 2.75) is 62.6 Å². The highest BCUT2D eigenvalue weighted by molar-refractivity contribution is 6.01. The number of carbonyl (C=O) groups is 2. The van der Waals surface area contributed by atoms with Gasteiger partial charge in [0.1, 0.15) is 11.7 Å². The molecule has 1 aliphatic carbocycles. The Morgan fingerprint density at radius 1 is 1.00 bits per heavy atom. The Balaban J connectivity index is 1.20. The molecule has 3 fully saturated rings. The maximum Gasteiger partial charge on any atom is 0.433 e. The number of alkyl halides is 3. The number of hydrogen-bond acceptors (Lipinski definition) is 4. The lowest BCUT2D eigenvalue weighted by molar-refractivity contribution is -0.141. The number of halogens is 3. The van der Waals surface area contributed by atoms with E-state index in [0.717, 1.165) is 37.0 Å². The van der Waals surface area contributed by atoms with Crippen LogP contribution >= 0.6 is 0 Å². The second kappa shape index (κ2) is 10.3. The van der Waals surface area contributed by atoms with Gasteiger partial charge in [0.05, 0.1) is 11.9 Å². The van der Waals surface area contributed by atoms with Crippen molar-refractivity contribution >= 4 is 23.3 Å². The molecule has 198 valence electrons. The Bertz CT molecular complexity index is 1110. The zero-order valence-electron chi connectivity index (χ0n) is 20.7. The van der Waals surface area contributed by atoms with Crippen LogP contribution in [-0.2, 0) is 16.4 Å². The molecule has 0 unspecified atom stereocenters. The second-order valence-corrected chi connectivity index (χ2v) is 10.4. The Morgan fingerprint density at radius 3 is 2.32 bits per heavy atom. The first-order valence-corrected chi connectivity index (χ1v) is 13.0. The van der Waals surface area contributed by atoms with Crippen molar-refractivity contribution in [2.75, 3.05) is 36.4 Å². The lowest BCUT2D eigenvalue weighted by Crippen LogP contribution is -2.53. The second-order valence-electron chi connectivity index (χ2n) is 10.4. The van der Waals surface area contributed by atoms with Gasteiger partial charge < -0.3 is 20.4 Å². The third-order valence-corrected chi connectivity index (χ3v) is 7.88. The molecule has 0 bridgehead atoms. The predicted molar refractivity (Wildman–Crippen MR) is 134 cm³/mol. The first kappa shape index (κ1) is 25.5. The van der Waals surface area contributed by atoms with E-state index in [1.54, 1.807) is 4.90 Å². The number of amides is 3. The number of hydrogen-bond donors (Lipinski definition) is 2. The zero-order valence-corrected chi connectivity index (χ0v) is 20.7. The molecule has 2 N–H and O–H groups in total. The van der Waals surface area contributed by atoms with Crippen molar-refractivity contribution in [3.05, 3.63) is 53.9 Å². The molecule has 10 heteroatoms. The number of likely N-dealkylation sites (tertiary alicyclic amines) is 1. The fourth-order valence-corrected chi connectivity index (χ4v) is 5.73. The summed E-state index contributed by atoms with van der Waals surface area (Å²) >= 11 is 0. The van der Waals surface area contributed by atoms with Gasteiger partial charge in [-0.3, -0.25) is 4.79 Å². The third kappa shape index (κ3) is 5.58. The van der Waals surface area contributed by atoms with Crippen molar-refractivity contribution in [3.8, 4) is 0 Å². The number of nitrogens with one attached hydrogen (secondary N) is 2. The van der Waals surface area contributed by atoms with Crippen LogP contribution in [0.25, 0.3) is 0 Å². The number of pyridine rings is 1. The fourth-order valence-electron chi connectivity index (χ4n) is 5.73. The molecule has 1 aromatic heterocycles.